The van der Waals surface area contributed by atoms with Crippen molar-refractivity contribution in [2.24, 2.45) is 0 Å². The van der Waals surface area contributed by atoms with Gasteiger partial charge >= 0.3 is 0 Å². The molecule has 1 N–H and O–H groups in total. The number of aromatic nitrogens is 1. The molecule has 19 heavy (non-hydrogen) atoms. The minimum atomic E-state index is -0.533. The summed E-state index contributed by atoms with van der Waals surface area (Å²) in [4.78, 5) is 6.62. The van der Waals surface area contributed by atoms with E-state index >= 15 is 0 Å². The molecule has 1 aromatic rings. The Balaban J connectivity index is 1.66. The third-order valence-corrected chi connectivity index (χ3v) is 3.88. The van der Waals surface area contributed by atoms with Crippen LogP contribution in [0, 0.1) is 4.78 Å². The van der Waals surface area contributed by atoms with Crippen LogP contribution in [0.3, 0.4) is 0 Å². The van der Waals surface area contributed by atoms with Crippen molar-refractivity contribution in [3.8, 4) is 5.75 Å². The maximum atomic E-state index is 7.58. The highest BCUT2D eigenvalue weighted by Crippen LogP contribution is 2.11. The first-order valence-corrected chi connectivity index (χ1v) is 8.15. The number of nitrogens with one attached hydrogen (secondary N) is 1. The van der Waals surface area contributed by atoms with E-state index in [9.17, 15) is 0 Å². The second-order valence-corrected chi connectivity index (χ2v) is 5.94. The molecule has 2 rings (SSSR count). The van der Waals surface area contributed by atoms with Crippen LogP contribution in [0.2, 0.25) is 0 Å². The van der Waals surface area contributed by atoms with Crippen molar-refractivity contribution in [2.75, 3.05) is 45.7 Å². The molecule has 5 nitrogen and oxygen atoms in total. The van der Waals surface area contributed by atoms with E-state index in [0.29, 0.717) is 6.61 Å². The molecule has 1 aromatic heterocycles. The second-order valence-electron chi connectivity index (χ2n) is 4.50. The molecular weight excluding hydrogens is 262 g/mol. The Morgan fingerprint density at radius 3 is 2.84 bits per heavy atom. The highest BCUT2D eigenvalue weighted by Gasteiger charge is 2.09. The Hall–Kier alpha value is -0.980. The maximum absolute atomic E-state index is 7.58. The molecule has 1 fully saturated rings. The molecule has 1 saturated heterocycles. The van der Waals surface area contributed by atoms with E-state index in [1.54, 1.807) is 6.20 Å². The number of ether oxygens (including phenoxy) is 2. The van der Waals surface area contributed by atoms with Crippen molar-refractivity contribution in [1.82, 2.24) is 9.88 Å². The van der Waals surface area contributed by atoms with Gasteiger partial charge in [-0.15, -0.1) is 0 Å². The summed E-state index contributed by atoms with van der Waals surface area (Å²) in [5.74, 6) is 0.788. The largest absolute Gasteiger partial charge is 0.492 e. The molecule has 0 spiro atoms. The molecule has 0 bridgehead atoms. The lowest BCUT2D eigenvalue weighted by Gasteiger charge is -2.26. The lowest BCUT2D eigenvalue weighted by Crippen LogP contribution is -2.37. The Bertz CT molecular complexity index is 405. The van der Waals surface area contributed by atoms with Crippen molar-refractivity contribution in [2.45, 2.75) is 11.4 Å². The third-order valence-electron chi connectivity index (χ3n) is 3.01. The topological polar surface area (TPSA) is 58.4 Å². The van der Waals surface area contributed by atoms with Gasteiger partial charge in [0, 0.05) is 19.6 Å². The molecule has 1 unspecified atom stereocenters. The van der Waals surface area contributed by atoms with Gasteiger partial charge in [0.15, 0.2) is 0 Å². The van der Waals surface area contributed by atoms with Crippen LogP contribution in [-0.4, -0.2) is 55.6 Å². The van der Waals surface area contributed by atoms with Crippen molar-refractivity contribution < 1.29 is 9.47 Å². The molecule has 1 aliphatic heterocycles. The number of pyridine rings is 1. The van der Waals surface area contributed by atoms with E-state index < -0.39 is 10.7 Å². The van der Waals surface area contributed by atoms with Crippen molar-refractivity contribution >= 4 is 10.7 Å². The maximum Gasteiger partial charge on any atom is 0.137 e. The predicted molar refractivity (Wildman–Crippen MR) is 75.9 cm³/mol. The number of hydrogen-bond donors (Lipinski definition) is 1. The fraction of sp³-hybridized carbons (Fsp3) is 0.615. The van der Waals surface area contributed by atoms with Gasteiger partial charge in [0.05, 0.1) is 26.0 Å². The fourth-order valence-corrected chi connectivity index (χ4v) is 2.42. The third kappa shape index (κ3) is 4.89. The van der Waals surface area contributed by atoms with Crippen LogP contribution in [0.5, 0.6) is 5.75 Å². The number of hydrogen-bond acceptors (Lipinski definition) is 5. The molecule has 1 atom stereocenters. The highest BCUT2D eigenvalue weighted by atomic mass is 32.2. The van der Waals surface area contributed by atoms with Gasteiger partial charge in [-0.2, -0.15) is 0 Å². The molecule has 0 radical (unpaired) electrons. The summed E-state index contributed by atoms with van der Waals surface area (Å²) < 4.78 is 18.5. The van der Waals surface area contributed by atoms with Crippen LogP contribution in [-0.2, 0) is 15.4 Å². The summed E-state index contributed by atoms with van der Waals surface area (Å²) in [6, 6.07) is 3.77. The first-order valence-electron chi connectivity index (χ1n) is 6.52. The average molecular weight is 283 g/mol. The normalized spacial score (nSPS) is 18.2. The van der Waals surface area contributed by atoms with Gasteiger partial charge in [0.1, 0.15) is 10.8 Å². The molecule has 106 valence electrons. The zero-order valence-electron chi connectivity index (χ0n) is 11.3. The lowest BCUT2D eigenvalue weighted by molar-refractivity contribution is 0.0358. The van der Waals surface area contributed by atoms with Gasteiger partial charge in [-0.1, -0.05) is 10.7 Å². The predicted octanol–water partition coefficient (Wildman–Crippen LogP) is 1.55. The molecule has 0 saturated carbocycles. The quantitative estimate of drug-likeness (QED) is 0.805. The van der Waals surface area contributed by atoms with Gasteiger partial charge in [-0.05, 0) is 24.8 Å². The van der Waals surface area contributed by atoms with E-state index in [4.69, 9.17) is 14.3 Å². The number of rotatable bonds is 6. The summed E-state index contributed by atoms with van der Waals surface area (Å²) in [6.07, 6.45) is 4.56. The van der Waals surface area contributed by atoms with Gasteiger partial charge in [0.25, 0.3) is 0 Å². The van der Waals surface area contributed by atoms with E-state index in [-0.39, 0.29) is 0 Å². The minimum absolute atomic E-state index is 0.533. The van der Waals surface area contributed by atoms with E-state index in [2.05, 4.69) is 9.88 Å². The fourth-order valence-electron chi connectivity index (χ4n) is 1.94. The minimum Gasteiger partial charge on any atom is -0.492 e. The molecule has 1 aliphatic rings. The molecule has 0 amide bonds. The molecule has 0 aliphatic carbocycles. The van der Waals surface area contributed by atoms with Crippen LogP contribution in [0.25, 0.3) is 0 Å². The Kier molecular flexibility index (Phi) is 5.75. The summed E-state index contributed by atoms with van der Waals surface area (Å²) >= 11 is 0. The smallest absolute Gasteiger partial charge is 0.137 e. The van der Waals surface area contributed by atoms with Gasteiger partial charge < -0.3 is 9.47 Å². The molecular formula is C13H21N3O2S. The van der Waals surface area contributed by atoms with Crippen molar-refractivity contribution in [3.63, 3.8) is 0 Å². The SMILES string of the molecule is CS(=N)c1ccc(OCCCN2CCOCC2)cn1. The van der Waals surface area contributed by atoms with Gasteiger partial charge in [-0.25, -0.2) is 4.98 Å². The number of nitrogens with zero attached hydrogens (tertiary/aromatic N) is 2. The number of morpholine rings is 1. The Morgan fingerprint density at radius 2 is 2.21 bits per heavy atom. The summed E-state index contributed by atoms with van der Waals surface area (Å²) in [5.41, 5.74) is 0. The van der Waals surface area contributed by atoms with Crippen molar-refractivity contribution in [3.05, 3.63) is 18.3 Å². The van der Waals surface area contributed by atoms with Crippen LogP contribution in [0.1, 0.15) is 6.42 Å². The summed E-state index contributed by atoms with van der Waals surface area (Å²) in [5, 5.41) is 0.806. The van der Waals surface area contributed by atoms with Crippen LogP contribution in [0.4, 0.5) is 0 Å². The zero-order chi connectivity index (χ0) is 13.5. The molecule has 0 aromatic carbocycles. The highest BCUT2D eigenvalue weighted by molar-refractivity contribution is 7.85. The standard InChI is InChI=1S/C13H21N3O2S/c1-19(14)13-4-3-12(11-15-13)18-8-2-5-16-6-9-17-10-7-16/h3-4,11,14H,2,5-10H2,1H3. The monoisotopic (exact) mass is 283 g/mol. The Labute approximate surface area is 116 Å². The first-order chi connectivity index (χ1) is 9.25. The lowest BCUT2D eigenvalue weighted by atomic mass is 10.3. The second kappa shape index (κ2) is 7.57. The first kappa shape index (κ1) is 14.4. The van der Waals surface area contributed by atoms with Crippen molar-refractivity contribution in [1.29, 1.82) is 4.78 Å². The average Bonchev–Trinajstić information content (AvgIpc) is 2.45. The van der Waals surface area contributed by atoms with Crippen LogP contribution < -0.4 is 4.74 Å². The molecule has 2 heterocycles. The zero-order valence-corrected chi connectivity index (χ0v) is 12.1. The molecule has 6 heteroatoms. The van der Waals surface area contributed by atoms with Crippen LogP contribution in [0.15, 0.2) is 23.4 Å². The van der Waals surface area contributed by atoms with Gasteiger partial charge in [-0.3, -0.25) is 9.68 Å². The Morgan fingerprint density at radius 1 is 1.42 bits per heavy atom. The summed E-state index contributed by atoms with van der Waals surface area (Å²) in [7, 11) is -0.533. The van der Waals surface area contributed by atoms with E-state index in [1.807, 2.05) is 18.4 Å². The summed E-state index contributed by atoms with van der Waals surface area (Å²) in [6.45, 7) is 5.50. The van der Waals surface area contributed by atoms with E-state index in [0.717, 1.165) is 50.0 Å². The van der Waals surface area contributed by atoms with Crippen LogP contribution >= 0.6 is 0 Å². The van der Waals surface area contributed by atoms with Gasteiger partial charge in [0.2, 0.25) is 0 Å². The van der Waals surface area contributed by atoms with E-state index in [1.165, 1.54) is 0 Å².